The lowest BCUT2D eigenvalue weighted by Gasteiger charge is -2.38. The highest BCUT2D eigenvalue weighted by Crippen LogP contribution is 2.54. The van der Waals surface area contributed by atoms with Gasteiger partial charge >= 0.3 is 5.97 Å². The van der Waals surface area contributed by atoms with Crippen LogP contribution in [0, 0.1) is 25.2 Å². The smallest absolute Gasteiger partial charge is 0.338 e. The molecule has 3 aliphatic heterocycles. The first-order chi connectivity index (χ1) is 14.8. The number of aryl methyl sites for hydroxylation is 2. The van der Waals surface area contributed by atoms with Crippen LogP contribution in [0.15, 0.2) is 59.1 Å². The summed E-state index contributed by atoms with van der Waals surface area (Å²) in [5.74, 6) is -1.09. The summed E-state index contributed by atoms with van der Waals surface area (Å²) in [6.45, 7) is 3.67. The first kappa shape index (κ1) is 19.2. The van der Waals surface area contributed by atoms with Gasteiger partial charge in [0.15, 0.2) is 0 Å². The summed E-state index contributed by atoms with van der Waals surface area (Å²) < 4.78 is 5.37. The molecule has 0 bridgehead atoms. The first-order valence-corrected chi connectivity index (χ1v) is 9.98. The number of halogens is 1. The van der Waals surface area contributed by atoms with Crippen molar-refractivity contribution >= 4 is 34.9 Å². The van der Waals surface area contributed by atoms with Gasteiger partial charge < -0.3 is 15.8 Å². The summed E-state index contributed by atoms with van der Waals surface area (Å²) in [4.78, 5) is 28.0. The lowest BCUT2D eigenvalue weighted by atomic mass is 9.67. The van der Waals surface area contributed by atoms with Crippen LogP contribution < -0.4 is 16.0 Å². The molecule has 0 aromatic heterocycles. The maximum absolute atomic E-state index is 13.4. The van der Waals surface area contributed by atoms with Gasteiger partial charge in [-0.2, -0.15) is 5.26 Å². The predicted octanol–water partition coefficient (Wildman–Crippen LogP) is 3.17. The Kier molecular flexibility index (Phi) is 3.95. The van der Waals surface area contributed by atoms with Crippen molar-refractivity contribution < 1.29 is 14.3 Å². The summed E-state index contributed by atoms with van der Waals surface area (Å²) >= 11 is 6.32. The molecule has 3 heterocycles. The van der Waals surface area contributed by atoms with E-state index in [4.69, 9.17) is 22.1 Å². The van der Waals surface area contributed by atoms with Gasteiger partial charge in [0.1, 0.15) is 23.9 Å². The van der Waals surface area contributed by atoms with Gasteiger partial charge in [-0.15, -0.1) is 0 Å². The number of carbonyl (C=O) groups excluding carboxylic acids is 2. The Labute approximate surface area is 183 Å². The number of hydrogen-bond acceptors (Lipinski definition) is 6. The molecule has 3 N–H and O–H groups in total. The lowest BCUT2D eigenvalue weighted by molar-refractivity contribution is -0.137. The molecule has 0 unspecified atom stereocenters. The van der Waals surface area contributed by atoms with Crippen LogP contribution >= 0.6 is 11.6 Å². The third kappa shape index (κ3) is 2.34. The topological polar surface area (TPSA) is 108 Å². The van der Waals surface area contributed by atoms with Crippen molar-refractivity contribution in [3.8, 4) is 6.07 Å². The molecule has 0 radical (unpaired) electrons. The summed E-state index contributed by atoms with van der Waals surface area (Å²) in [7, 11) is 0. The van der Waals surface area contributed by atoms with Gasteiger partial charge in [-0.25, -0.2) is 4.79 Å². The Bertz CT molecular complexity index is 1320. The zero-order chi connectivity index (χ0) is 22.1. The number of esters is 1. The number of carbonyl (C=O) groups is 2. The van der Waals surface area contributed by atoms with Crippen molar-refractivity contribution in [1.82, 2.24) is 0 Å². The van der Waals surface area contributed by atoms with Crippen LogP contribution in [0.5, 0.6) is 0 Å². The average molecular weight is 433 g/mol. The second-order valence-corrected chi connectivity index (χ2v) is 8.20. The monoisotopic (exact) mass is 432 g/mol. The lowest BCUT2D eigenvalue weighted by Crippen LogP contribution is -2.48. The minimum absolute atomic E-state index is 0.0244. The molecule has 5 rings (SSSR count). The van der Waals surface area contributed by atoms with Crippen LogP contribution in [-0.2, 0) is 19.7 Å². The van der Waals surface area contributed by atoms with Gasteiger partial charge in [0.05, 0.1) is 16.8 Å². The van der Waals surface area contributed by atoms with Gasteiger partial charge in [-0.1, -0.05) is 35.4 Å². The molecule has 0 saturated carbocycles. The van der Waals surface area contributed by atoms with Crippen LogP contribution in [0.3, 0.4) is 0 Å². The molecule has 8 heteroatoms. The zero-order valence-electron chi connectivity index (χ0n) is 16.7. The molecule has 1 amide bonds. The number of nitrogens with one attached hydrogen (secondary N) is 1. The molecule has 2 aromatic carbocycles. The number of fused-ring (bicyclic) bond motifs is 3. The summed E-state index contributed by atoms with van der Waals surface area (Å²) in [6.07, 6.45) is 0. The van der Waals surface area contributed by atoms with Crippen LogP contribution in [0.1, 0.15) is 16.7 Å². The summed E-state index contributed by atoms with van der Waals surface area (Å²) in [6, 6.07) is 12.8. The highest BCUT2D eigenvalue weighted by atomic mass is 35.5. The van der Waals surface area contributed by atoms with Crippen molar-refractivity contribution in [3.05, 3.63) is 80.8 Å². The molecular formula is C23H17ClN4O3. The molecule has 1 atom stereocenters. The Hall–Kier alpha value is -3.76. The number of hydrogen-bond donors (Lipinski definition) is 2. The summed E-state index contributed by atoms with van der Waals surface area (Å²) in [5.41, 5.74) is 8.75. The minimum Gasteiger partial charge on any atom is -0.456 e. The van der Waals surface area contributed by atoms with Gasteiger partial charge in [-0.05, 0) is 37.6 Å². The second kappa shape index (κ2) is 6.37. The van der Waals surface area contributed by atoms with E-state index in [1.54, 1.807) is 29.2 Å². The number of benzene rings is 2. The normalized spacial score (nSPS) is 21.8. The Morgan fingerprint density at radius 3 is 2.71 bits per heavy atom. The Morgan fingerprint density at radius 1 is 1.23 bits per heavy atom. The van der Waals surface area contributed by atoms with E-state index in [0.29, 0.717) is 27.7 Å². The molecule has 1 spiro atoms. The molecule has 2 aromatic rings. The maximum atomic E-state index is 13.4. The first-order valence-electron chi connectivity index (χ1n) is 9.60. The fourth-order valence-electron chi connectivity index (χ4n) is 4.59. The Morgan fingerprint density at radius 2 is 2.00 bits per heavy atom. The van der Waals surface area contributed by atoms with Gasteiger partial charge in [0.25, 0.3) is 0 Å². The van der Waals surface area contributed by atoms with Crippen molar-refractivity contribution in [2.75, 3.05) is 16.8 Å². The molecule has 154 valence electrons. The molecular weight excluding hydrogens is 416 g/mol. The standard InChI is InChI=1S/C23H17ClN4O3/c1-11-3-6-17-14(7-11)23(22(30)27-17)15(9-25)20(26)28(18-10-31-21(29)19(18)23)13-5-4-12(2)16(24)8-13/h3-8H,10,26H2,1-2H3,(H,27,30)/t23-/m1/s1. The zero-order valence-corrected chi connectivity index (χ0v) is 17.5. The van der Waals surface area contributed by atoms with E-state index in [1.165, 1.54) is 0 Å². The largest absolute Gasteiger partial charge is 0.456 e. The van der Waals surface area contributed by atoms with Gasteiger partial charge in [-0.3, -0.25) is 9.69 Å². The molecule has 0 saturated heterocycles. The van der Waals surface area contributed by atoms with Crippen LogP contribution in [0.2, 0.25) is 5.02 Å². The number of cyclic esters (lactones) is 1. The Balaban J connectivity index is 1.86. The second-order valence-electron chi connectivity index (χ2n) is 7.79. The number of amides is 1. The quantitative estimate of drug-likeness (QED) is 0.670. The number of ether oxygens (including phenoxy) is 1. The van der Waals surface area contributed by atoms with Crippen molar-refractivity contribution in [2.24, 2.45) is 5.73 Å². The minimum atomic E-state index is -1.66. The van der Waals surface area contributed by atoms with Crippen molar-refractivity contribution in [3.63, 3.8) is 0 Å². The third-order valence-electron chi connectivity index (χ3n) is 6.04. The molecule has 7 nitrogen and oxygen atoms in total. The fraction of sp³-hybridized carbons (Fsp3) is 0.174. The van der Waals surface area contributed by atoms with E-state index < -0.39 is 17.3 Å². The van der Waals surface area contributed by atoms with E-state index in [1.807, 2.05) is 26.0 Å². The van der Waals surface area contributed by atoms with Crippen molar-refractivity contribution in [1.29, 1.82) is 5.26 Å². The fourth-order valence-corrected chi connectivity index (χ4v) is 4.76. The van der Waals surface area contributed by atoms with E-state index in [2.05, 4.69) is 11.4 Å². The van der Waals surface area contributed by atoms with E-state index in [0.717, 1.165) is 11.1 Å². The highest BCUT2D eigenvalue weighted by molar-refractivity contribution is 6.31. The SMILES string of the molecule is Cc1ccc2c(c1)[C@@]1(C(=O)N2)C(C#N)=C(N)N(c2ccc(C)c(Cl)c2)C2=C1C(=O)OC2. The van der Waals surface area contributed by atoms with E-state index in [-0.39, 0.29) is 23.6 Å². The predicted molar refractivity (Wildman–Crippen MR) is 115 cm³/mol. The third-order valence-corrected chi connectivity index (χ3v) is 6.45. The number of anilines is 2. The van der Waals surface area contributed by atoms with Gasteiger partial charge in [0, 0.05) is 22.0 Å². The number of nitrogens with zero attached hydrogens (tertiary/aromatic N) is 2. The average Bonchev–Trinajstić information content (AvgIpc) is 3.24. The van der Waals surface area contributed by atoms with Crippen LogP contribution in [-0.4, -0.2) is 18.5 Å². The number of nitrogens with two attached hydrogens (primary N) is 1. The number of nitriles is 1. The van der Waals surface area contributed by atoms with Crippen LogP contribution in [0.4, 0.5) is 11.4 Å². The maximum Gasteiger partial charge on any atom is 0.338 e. The summed E-state index contributed by atoms with van der Waals surface area (Å²) in [5, 5.41) is 13.5. The van der Waals surface area contributed by atoms with Crippen molar-refractivity contribution in [2.45, 2.75) is 19.3 Å². The highest BCUT2D eigenvalue weighted by Gasteiger charge is 2.62. The van der Waals surface area contributed by atoms with Crippen LogP contribution in [0.25, 0.3) is 0 Å². The van der Waals surface area contributed by atoms with E-state index in [9.17, 15) is 14.9 Å². The van der Waals surface area contributed by atoms with E-state index >= 15 is 0 Å². The molecule has 31 heavy (non-hydrogen) atoms. The molecule has 0 fully saturated rings. The van der Waals surface area contributed by atoms with Gasteiger partial charge in [0.2, 0.25) is 5.91 Å². The molecule has 3 aliphatic rings. The number of rotatable bonds is 1. The molecule has 0 aliphatic carbocycles.